The normalized spacial score (nSPS) is 10.8. The highest BCUT2D eigenvalue weighted by molar-refractivity contribution is 7.18. The van der Waals surface area contributed by atoms with Crippen LogP contribution in [0.4, 0.5) is 0 Å². The maximum atomic E-state index is 11.1. The van der Waals surface area contributed by atoms with Gasteiger partial charge in [-0.05, 0) is 18.2 Å². The van der Waals surface area contributed by atoms with Crippen LogP contribution in [0, 0.1) is 0 Å². The zero-order valence-corrected chi connectivity index (χ0v) is 11.4. The number of nitrogens with zero attached hydrogens (tertiary/aromatic N) is 2. The molecule has 0 saturated heterocycles. The molecule has 1 aromatic carbocycles. The molecular weight excluding hydrogens is 300 g/mol. The second-order valence-corrected chi connectivity index (χ2v) is 5.33. The number of fused-ring (bicyclic) bond motifs is 1. The van der Waals surface area contributed by atoms with E-state index in [1.807, 2.05) is 0 Å². The third kappa shape index (κ3) is 1.99. The van der Waals surface area contributed by atoms with Crippen molar-refractivity contribution in [2.45, 2.75) is 0 Å². The van der Waals surface area contributed by atoms with E-state index in [1.165, 1.54) is 29.1 Å². The van der Waals surface area contributed by atoms with Crippen LogP contribution in [-0.4, -0.2) is 26.2 Å². The van der Waals surface area contributed by atoms with E-state index in [-0.39, 0.29) is 11.3 Å². The van der Waals surface area contributed by atoms with Crippen molar-refractivity contribution in [1.29, 1.82) is 0 Å². The summed E-state index contributed by atoms with van der Waals surface area (Å²) in [5, 5.41) is 21.0. The minimum Gasteiger partial charge on any atom is -0.507 e. The smallest absolute Gasteiger partial charge is 0.338 e. The number of thiophene rings is 1. The molecule has 0 aliphatic carbocycles. The number of phenols is 1. The molecular formula is C13H7ClN2O3S. The van der Waals surface area contributed by atoms with Gasteiger partial charge in [0, 0.05) is 16.0 Å². The van der Waals surface area contributed by atoms with Crippen molar-refractivity contribution in [3.05, 3.63) is 40.5 Å². The molecule has 100 valence electrons. The number of rotatable bonds is 2. The average Bonchev–Trinajstić information content (AvgIpc) is 2.85. The predicted molar refractivity (Wildman–Crippen MR) is 76.5 cm³/mol. The van der Waals surface area contributed by atoms with Crippen LogP contribution in [0.15, 0.2) is 29.9 Å². The molecule has 0 amide bonds. The molecule has 0 spiro atoms. The van der Waals surface area contributed by atoms with Crippen molar-refractivity contribution in [3.63, 3.8) is 0 Å². The zero-order chi connectivity index (χ0) is 14.3. The van der Waals surface area contributed by atoms with Crippen molar-refractivity contribution in [1.82, 2.24) is 9.97 Å². The molecule has 3 rings (SSSR count). The Morgan fingerprint density at radius 2 is 2.10 bits per heavy atom. The molecule has 0 fully saturated rings. The minimum atomic E-state index is -1.05. The summed E-state index contributed by atoms with van der Waals surface area (Å²) >= 11 is 7.15. The molecule has 3 aromatic rings. The molecule has 5 nitrogen and oxygen atoms in total. The Hall–Kier alpha value is -2.18. The Balaban J connectivity index is 2.32. The van der Waals surface area contributed by atoms with Gasteiger partial charge in [0.15, 0.2) is 0 Å². The summed E-state index contributed by atoms with van der Waals surface area (Å²) in [6.45, 7) is 0. The van der Waals surface area contributed by atoms with Crippen molar-refractivity contribution < 1.29 is 15.0 Å². The van der Waals surface area contributed by atoms with Crippen LogP contribution in [0.1, 0.15) is 10.4 Å². The number of hydrogen-bond acceptors (Lipinski definition) is 5. The van der Waals surface area contributed by atoms with E-state index >= 15 is 0 Å². The quantitative estimate of drug-likeness (QED) is 0.758. The van der Waals surface area contributed by atoms with E-state index in [1.54, 1.807) is 12.1 Å². The topological polar surface area (TPSA) is 83.3 Å². The van der Waals surface area contributed by atoms with Crippen LogP contribution < -0.4 is 0 Å². The molecule has 0 saturated carbocycles. The highest BCUT2D eigenvalue weighted by atomic mass is 35.5. The fraction of sp³-hybridized carbons (Fsp3) is 0. The summed E-state index contributed by atoms with van der Waals surface area (Å²) in [5.41, 5.74) is 1.39. The Labute approximate surface area is 122 Å². The summed E-state index contributed by atoms with van der Waals surface area (Å²) in [6.07, 6.45) is 1.27. The lowest BCUT2D eigenvalue weighted by atomic mass is 10.1. The van der Waals surface area contributed by atoms with Gasteiger partial charge in [0.2, 0.25) is 0 Å². The van der Waals surface area contributed by atoms with Gasteiger partial charge < -0.3 is 10.2 Å². The third-order valence-corrected chi connectivity index (χ3v) is 4.01. The fourth-order valence-electron chi connectivity index (χ4n) is 1.89. The van der Waals surface area contributed by atoms with Crippen molar-refractivity contribution in [2.24, 2.45) is 0 Å². The van der Waals surface area contributed by atoms with E-state index in [9.17, 15) is 9.90 Å². The number of carbonyl (C=O) groups is 1. The first kappa shape index (κ1) is 12.8. The van der Waals surface area contributed by atoms with Gasteiger partial charge in [-0.15, -0.1) is 11.3 Å². The first-order chi connectivity index (χ1) is 9.58. The molecule has 2 N–H and O–H groups in total. The number of carboxylic acid groups (broad SMARTS) is 1. The SMILES string of the molecule is O=C(O)c1csc2c(-c3cc(Cl)ccc3O)ncnc12. The molecule has 0 aliphatic heterocycles. The summed E-state index contributed by atoms with van der Waals surface area (Å²) in [5.74, 6) is -1.02. The van der Waals surface area contributed by atoms with E-state index in [0.29, 0.717) is 26.5 Å². The van der Waals surface area contributed by atoms with Crippen LogP contribution in [-0.2, 0) is 0 Å². The fourth-order valence-corrected chi connectivity index (χ4v) is 3.06. The van der Waals surface area contributed by atoms with Crippen LogP contribution in [0.3, 0.4) is 0 Å². The number of benzene rings is 1. The lowest BCUT2D eigenvalue weighted by Crippen LogP contribution is -1.96. The Morgan fingerprint density at radius 1 is 1.30 bits per heavy atom. The van der Waals surface area contributed by atoms with Gasteiger partial charge in [-0.25, -0.2) is 14.8 Å². The van der Waals surface area contributed by atoms with Crippen LogP contribution in [0.2, 0.25) is 5.02 Å². The number of aromatic hydroxyl groups is 1. The number of hydrogen-bond donors (Lipinski definition) is 2. The van der Waals surface area contributed by atoms with Gasteiger partial charge in [0.05, 0.1) is 21.5 Å². The Kier molecular flexibility index (Phi) is 3.04. The highest BCUT2D eigenvalue weighted by Gasteiger charge is 2.18. The van der Waals surface area contributed by atoms with Gasteiger partial charge in [-0.2, -0.15) is 0 Å². The lowest BCUT2D eigenvalue weighted by molar-refractivity contribution is 0.0699. The molecule has 20 heavy (non-hydrogen) atoms. The summed E-state index contributed by atoms with van der Waals surface area (Å²) < 4.78 is 0.600. The zero-order valence-electron chi connectivity index (χ0n) is 9.87. The number of aromatic carboxylic acids is 1. The largest absolute Gasteiger partial charge is 0.507 e. The molecule has 2 heterocycles. The van der Waals surface area contributed by atoms with Crippen LogP contribution in [0.25, 0.3) is 21.5 Å². The molecule has 0 bridgehead atoms. The van der Waals surface area contributed by atoms with Crippen molar-refractivity contribution in [3.8, 4) is 17.0 Å². The molecule has 0 radical (unpaired) electrons. The summed E-state index contributed by atoms with van der Waals surface area (Å²) in [6, 6.07) is 4.62. The number of halogens is 1. The van der Waals surface area contributed by atoms with Crippen molar-refractivity contribution >= 4 is 39.1 Å². The van der Waals surface area contributed by atoms with E-state index in [0.717, 1.165) is 0 Å². The molecule has 2 aromatic heterocycles. The maximum Gasteiger partial charge on any atom is 0.338 e. The van der Waals surface area contributed by atoms with E-state index in [4.69, 9.17) is 16.7 Å². The summed E-state index contributed by atoms with van der Waals surface area (Å²) in [4.78, 5) is 19.3. The highest BCUT2D eigenvalue weighted by Crippen LogP contribution is 2.37. The van der Waals surface area contributed by atoms with Gasteiger partial charge >= 0.3 is 5.97 Å². The number of carboxylic acids is 1. The second-order valence-electron chi connectivity index (χ2n) is 4.02. The molecule has 0 unspecified atom stereocenters. The lowest BCUT2D eigenvalue weighted by Gasteiger charge is -2.05. The monoisotopic (exact) mass is 306 g/mol. The van der Waals surface area contributed by atoms with Crippen molar-refractivity contribution in [2.75, 3.05) is 0 Å². The van der Waals surface area contributed by atoms with Gasteiger partial charge in [-0.3, -0.25) is 0 Å². The first-order valence-corrected chi connectivity index (χ1v) is 6.78. The minimum absolute atomic E-state index is 0.0275. The van der Waals surface area contributed by atoms with Gasteiger partial charge in [0.25, 0.3) is 0 Å². The first-order valence-electron chi connectivity index (χ1n) is 5.52. The van der Waals surface area contributed by atoms with E-state index < -0.39 is 5.97 Å². The maximum absolute atomic E-state index is 11.1. The standard InChI is InChI=1S/C13H7ClN2O3S/c14-6-1-2-9(17)7(3-6)10-12-11(16-5-15-10)8(4-20-12)13(18)19/h1-5,17H,(H,18,19). The number of phenolic OH excluding ortho intramolecular Hbond substituents is 1. The van der Waals surface area contributed by atoms with Gasteiger partial charge in [0.1, 0.15) is 12.1 Å². The Morgan fingerprint density at radius 3 is 2.85 bits per heavy atom. The average molecular weight is 307 g/mol. The third-order valence-electron chi connectivity index (χ3n) is 2.80. The van der Waals surface area contributed by atoms with Gasteiger partial charge in [-0.1, -0.05) is 11.6 Å². The van der Waals surface area contributed by atoms with Crippen LogP contribution in [0.5, 0.6) is 5.75 Å². The summed E-state index contributed by atoms with van der Waals surface area (Å²) in [7, 11) is 0. The van der Waals surface area contributed by atoms with Crippen LogP contribution >= 0.6 is 22.9 Å². The van der Waals surface area contributed by atoms with E-state index in [2.05, 4.69) is 9.97 Å². The molecule has 7 heteroatoms. The Bertz CT molecular complexity index is 832. The second kappa shape index (κ2) is 4.73. The molecule has 0 atom stereocenters. The molecule has 0 aliphatic rings. The number of aromatic nitrogens is 2. The predicted octanol–water partition coefficient (Wildman–Crippen LogP) is 3.42.